The standard InChI is InChI=1S/C21H17BrN4O3S/c1-3-10-30-21-24-20(28)17-14-11-12(22)8-9-15(14)23-19(26(17)25-21)18(27)13-6-4-5-7-16(13)29-2/h3-9,11,19H,1,10H2,2H3,(H,24,25,28)/t19-/m0/s1. The van der Waals surface area contributed by atoms with Crippen LogP contribution in [-0.2, 0) is 4.79 Å². The topological polar surface area (TPSA) is 83.4 Å². The number of thioether (sulfide) groups is 1. The zero-order valence-electron chi connectivity index (χ0n) is 16.0. The quantitative estimate of drug-likeness (QED) is 0.518. The largest absolute Gasteiger partial charge is 0.496 e. The monoisotopic (exact) mass is 484 g/mol. The molecule has 1 amide bonds. The number of ketones is 1. The number of ether oxygens (including phenoxy) is 1. The van der Waals surface area contributed by atoms with Crippen LogP contribution in [0.4, 0.5) is 0 Å². The van der Waals surface area contributed by atoms with Crippen LogP contribution in [0.1, 0.15) is 10.4 Å². The van der Waals surface area contributed by atoms with Gasteiger partial charge in [0.15, 0.2) is 5.17 Å². The summed E-state index contributed by atoms with van der Waals surface area (Å²) in [6, 6.07) is 12.3. The molecule has 2 aromatic carbocycles. The number of hydrazone groups is 1. The number of rotatable bonds is 5. The molecule has 1 N–H and O–H groups in total. The van der Waals surface area contributed by atoms with Crippen LogP contribution < -0.4 is 20.6 Å². The van der Waals surface area contributed by atoms with Gasteiger partial charge < -0.3 is 4.74 Å². The fraction of sp³-hybridized carbons (Fsp3) is 0.143. The summed E-state index contributed by atoms with van der Waals surface area (Å²) in [6.45, 7) is 3.69. The maximum atomic E-state index is 13.5. The number of Topliss-reactive ketones (excluding diaryl/α,β-unsaturated/α-hetero) is 1. The van der Waals surface area contributed by atoms with Gasteiger partial charge in [-0.25, -0.2) is 10.0 Å². The second kappa shape index (κ2) is 8.45. The van der Waals surface area contributed by atoms with Crippen LogP contribution in [0.3, 0.4) is 0 Å². The first-order valence-electron chi connectivity index (χ1n) is 9.01. The molecule has 9 heteroatoms. The highest BCUT2D eigenvalue weighted by Gasteiger charge is 2.38. The highest BCUT2D eigenvalue weighted by atomic mass is 79.9. The molecule has 2 heterocycles. The Kier molecular flexibility index (Phi) is 5.74. The summed E-state index contributed by atoms with van der Waals surface area (Å²) >= 11 is 4.75. The van der Waals surface area contributed by atoms with Crippen molar-refractivity contribution in [3.63, 3.8) is 0 Å². The van der Waals surface area contributed by atoms with Gasteiger partial charge in [-0.05, 0) is 30.3 Å². The minimum atomic E-state index is -1.03. The molecule has 0 saturated heterocycles. The lowest BCUT2D eigenvalue weighted by atomic mass is 10.0. The number of methoxy groups -OCH3 is 1. The first-order chi connectivity index (χ1) is 14.5. The van der Waals surface area contributed by atoms with Gasteiger partial charge in [-0.15, -0.1) is 11.7 Å². The molecule has 0 saturated carbocycles. The first-order valence-corrected chi connectivity index (χ1v) is 10.8. The Morgan fingerprint density at radius 3 is 2.93 bits per heavy atom. The normalized spacial score (nSPS) is 17.2. The third-order valence-corrected chi connectivity index (χ3v) is 5.87. The Balaban J connectivity index is 1.90. The number of benzene rings is 2. The summed E-state index contributed by atoms with van der Waals surface area (Å²) < 4.78 is 6.14. The van der Waals surface area contributed by atoms with Crippen molar-refractivity contribution in [3.8, 4) is 5.75 Å². The van der Waals surface area contributed by atoms with E-state index < -0.39 is 6.17 Å². The maximum Gasteiger partial charge on any atom is 0.276 e. The molecule has 30 heavy (non-hydrogen) atoms. The van der Waals surface area contributed by atoms with Crippen LogP contribution in [0.15, 0.2) is 69.7 Å². The first kappa shape index (κ1) is 20.4. The molecule has 0 spiro atoms. The summed E-state index contributed by atoms with van der Waals surface area (Å²) in [5.41, 5.74) is 0.646. The van der Waals surface area contributed by atoms with Crippen LogP contribution in [-0.4, -0.2) is 40.9 Å². The van der Waals surface area contributed by atoms with Crippen molar-refractivity contribution >= 4 is 50.2 Å². The summed E-state index contributed by atoms with van der Waals surface area (Å²) in [5, 5.41) is 10.2. The Bertz CT molecular complexity index is 1210. The van der Waals surface area contributed by atoms with Crippen molar-refractivity contribution in [2.24, 2.45) is 10.1 Å². The Labute approximate surface area is 185 Å². The Hall–Kier alpha value is -2.91. The van der Waals surface area contributed by atoms with Crippen LogP contribution in [0.5, 0.6) is 5.75 Å². The summed E-state index contributed by atoms with van der Waals surface area (Å²) in [6.07, 6.45) is 0.679. The minimum Gasteiger partial charge on any atom is -0.496 e. The van der Waals surface area contributed by atoms with E-state index in [0.29, 0.717) is 32.8 Å². The van der Waals surface area contributed by atoms with Gasteiger partial charge in [0.2, 0.25) is 11.9 Å². The van der Waals surface area contributed by atoms with E-state index in [1.165, 1.54) is 23.9 Å². The number of para-hydroxylation sites is 1. The van der Waals surface area contributed by atoms with E-state index in [9.17, 15) is 9.59 Å². The number of amides is 1. The third-order valence-electron chi connectivity index (χ3n) is 4.51. The summed E-state index contributed by atoms with van der Waals surface area (Å²) in [7, 11) is 1.50. The SMILES string of the molecule is C=CCSC1=NN2C(=c3cc(Br)ccc3=N[C@@H]2C(=O)c2ccccc2OC)C(=O)N1. The molecule has 152 valence electrons. The molecule has 0 bridgehead atoms. The molecule has 2 aliphatic heterocycles. The lowest BCUT2D eigenvalue weighted by molar-refractivity contribution is -0.115. The average Bonchev–Trinajstić information content (AvgIpc) is 2.76. The number of carbonyl (C=O) groups is 2. The zero-order chi connectivity index (χ0) is 21.3. The van der Waals surface area contributed by atoms with E-state index in [1.807, 2.05) is 6.07 Å². The van der Waals surface area contributed by atoms with E-state index in [0.717, 1.165) is 4.47 Å². The number of nitrogens with zero attached hydrogens (tertiary/aromatic N) is 3. The number of hydrogen-bond donors (Lipinski definition) is 1. The van der Waals surface area contributed by atoms with Gasteiger partial charge in [0.05, 0.1) is 18.0 Å². The van der Waals surface area contributed by atoms with Crippen molar-refractivity contribution in [1.29, 1.82) is 0 Å². The lowest BCUT2D eigenvalue weighted by Crippen LogP contribution is -2.54. The molecule has 2 aromatic rings. The minimum absolute atomic E-state index is 0.275. The fourth-order valence-corrected chi connectivity index (χ4v) is 4.16. The zero-order valence-corrected chi connectivity index (χ0v) is 18.4. The number of hydrogen-bond acceptors (Lipinski definition) is 7. The van der Waals surface area contributed by atoms with Gasteiger partial charge in [-0.2, -0.15) is 0 Å². The van der Waals surface area contributed by atoms with Crippen molar-refractivity contribution in [2.45, 2.75) is 6.17 Å². The number of carbonyl (C=O) groups excluding carboxylic acids is 2. The lowest BCUT2D eigenvalue weighted by Gasteiger charge is -2.33. The molecule has 0 aromatic heterocycles. The van der Waals surface area contributed by atoms with Gasteiger partial charge in [0, 0.05) is 15.4 Å². The van der Waals surface area contributed by atoms with E-state index >= 15 is 0 Å². The number of nitrogens with one attached hydrogen (secondary N) is 1. The van der Waals surface area contributed by atoms with Gasteiger partial charge in [-0.1, -0.05) is 45.9 Å². The molecule has 0 radical (unpaired) electrons. The van der Waals surface area contributed by atoms with Gasteiger partial charge in [0.25, 0.3) is 5.91 Å². The van der Waals surface area contributed by atoms with Crippen LogP contribution >= 0.6 is 27.7 Å². The van der Waals surface area contributed by atoms with E-state index in [2.05, 4.69) is 37.9 Å². The average molecular weight is 485 g/mol. The predicted molar refractivity (Wildman–Crippen MR) is 120 cm³/mol. The molecule has 0 aliphatic carbocycles. The van der Waals surface area contributed by atoms with Crippen LogP contribution in [0, 0.1) is 0 Å². The van der Waals surface area contributed by atoms with E-state index in [1.54, 1.807) is 42.5 Å². The van der Waals surface area contributed by atoms with Gasteiger partial charge >= 0.3 is 0 Å². The second-order valence-corrected chi connectivity index (χ2v) is 8.31. The van der Waals surface area contributed by atoms with E-state index in [-0.39, 0.29) is 17.4 Å². The van der Waals surface area contributed by atoms with Gasteiger partial charge in [-0.3, -0.25) is 14.9 Å². The van der Waals surface area contributed by atoms with E-state index in [4.69, 9.17) is 4.74 Å². The molecule has 4 rings (SSSR count). The van der Waals surface area contributed by atoms with Crippen molar-refractivity contribution < 1.29 is 14.3 Å². The highest BCUT2D eigenvalue weighted by molar-refractivity contribution is 9.10. The Morgan fingerprint density at radius 2 is 2.17 bits per heavy atom. The van der Waals surface area contributed by atoms with Crippen LogP contribution in [0.2, 0.25) is 0 Å². The molecule has 0 unspecified atom stereocenters. The molecule has 0 fully saturated rings. The molecule has 7 nitrogen and oxygen atoms in total. The summed E-state index contributed by atoms with van der Waals surface area (Å²) in [4.78, 5) is 31.1. The Morgan fingerprint density at radius 1 is 1.37 bits per heavy atom. The maximum absolute atomic E-state index is 13.5. The van der Waals surface area contributed by atoms with Crippen molar-refractivity contribution in [2.75, 3.05) is 12.9 Å². The molecular formula is C21H17BrN4O3S. The molecule has 1 atom stereocenters. The summed E-state index contributed by atoms with van der Waals surface area (Å²) in [5.74, 6) is 0.341. The third kappa shape index (κ3) is 3.66. The van der Waals surface area contributed by atoms with Crippen LogP contribution in [0.25, 0.3) is 5.70 Å². The second-order valence-electron chi connectivity index (χ2n) is 6.38. The smallest absolute Gasteiger partial charge is 0.276 e. The fourth-order valence-electron chi connectivity index (χ4n) is 3.21. The number of fused-ring (bicyclic) bond motifs is 2. The number of halogens is 1. The van der Waals surface area contributed by atoms with Crippen molar-refractivity contribution in [3.05, 3.63) is 75.7 Å². The van der Waals surface area contributed by atoms with Gasteiger partial charge in [0.1, 0.15) is 11.4 Å². The molecular weight excluding hydrogens is 468 g/mol. The van der Waals surface area contributed by atoms with Crippen molar-refractivity contribution in [1.82, 2.24) is 10.3 Å². The predicted octanol–water partition coefficient (Wildman–Crippen LogP) is 2.03. The highest BCUT2D eigenvalue weighted by Crippen LogP contribution is 2.26. The number of amidine groups is 1. The molecule has 2 aliphatic rings.